The van der Waals surface area contributed by atoms with E-state index in [2.05, 4.69) is 24.4 Å². The molecule has 0 aliphatic carbocycles. The van der Waals surface area contributed by atoms with Gasteiger partial charge >= 0.3 is 0 Å². The van der Waals surface area contributed by atoms with E-state index in [-0.39, 0.29) is 12.1 Å². The van der Waals surface area contributed by atoms with Crippen LogP contribution in [0.1, 0.15) is 17.2 Å². The van der Waals surface area contributed by atoms with Gasteiger partial charge in [0.25, 0.3) is 0 Å². The fraction of sp³-hybridized carbons (Fsp3) is 0.500. The first kappa shape index (κ1) is 10.6. The van der Waals surface area contributed by atoms with Crippen LogP contribution in [0.15, 0.2) is 24.3 Å². The van der Waals surface area contributed by atoms with Gasteiger partial charge in [-0.1, -0.05) is 24.3 Å². The second-order valence-electron chi connectivity index (χ2n) is 4.00. The first-order valence-electron chi connectivity index (χ1n) is 5.42. The first-order valence-corrected chi connectivity index (χ1v) is 5.42. The molecule has 1 saturated heterocycles. The summed E-state index contributed by atoms with van der Waals surface area (Å²) in [4.78, 5) is 0. The van der Waals surface area contributed by atoms with Gasteiger partial charge in [-0.05, 0) is 18.1 Å². The zero-order valence-corrected chi connectivity index (χ0v) is 9.07. The lowest BCUT2D eigenvalue weighted by Gasteiger charge is -2.29. The maximum absolute atomic E-state index is 6.21. The molecule has 0 saturated carbocycles. The first-order chi connectivity index (χ1) is 7.29. The largest absolute Gasteiger partial charge is 0.374 e. The Bertz CT molecular complexity index is 321. The van der Waals surface area contributed by atoms with Crippen LogP contribution in [0.2, 0.25) is 0 Å². The quantitative estimate of drug-likeness (QED) is 0.758. The minimum absolute atomic E-state index is 0.0287. The Hall–Kier alpha value is -0.900. The van der Waals surface area contributed by atoms with Gasteiger partial charge in [-0.15, -0.1) is 0 Å². The third kappa shape index (κ3) is 2.37. The Kier molecular flexibility index (Phi) is 3.36. The molecule has 0 radical (unpaired) electrons. The van der Waals surface area contributed by atoms with Crippen molar-refractivity contribution in [2.75, 3.05) is 19.7 Å². The predicted octanol–water partition coefficient (Wildman–Crippen LogP) is 0.983. The van der Waals surface area contributed by atoms with E-state index < -0.39 is 0 Å². The van der Waals surface area contributed by atoms with E-state index in [1.165, 1.54) is 11.1 Å². The average molecular weight is 206 g/mol. The van der Waals surface area contributed by atoms with Crippen LogP contribution in [-0.4, -0.2) is 25.8 Å². The third-order valence-electron chi connectivity index (χ3n) is 2.90. The van der Waals surface area contributed by atoms with E-state index in [1.807, 2.05) is 12.1 Å². The molecule has 0 spiro atoms. The summed E-state index contributed by atoms with van der Waals surface area (Å²) in [6.07, 6.45) is 0.0971. The van der Waals surface area contributed by atoms with Crippen LogP contribution in [-0.2, 0) is 4.74 Å². The molecular formula is C12H18N2O. The number of nitrogens with two attached hydrogens (primary N) is 1. The number of aryl methyl sites for hydroxylation is 1. The summed E-state index contributed by atoms with van der Waals surface area (Å²) >= 11 is 0. The van der Waals surface area contributed by atoms with Crippen molar-refractivity contribution in [2.24, 2.45) is 5.73 Å². The summed E-state index contributed by atoms with van der Waals surface area (Å²) in [6.45, 7) is 4.61. The van der Waals surface area contributed by atoms with Crippen LogP contribution in [0, 0.1) is 6.92 Å². The van der Waals surface area contributed by atoms with Crippen LogP contribution in [0.5, 0.6) is 0 Å². The smallest absolute Gasteiger partial charge is 0.0892 e. The molecule has 0 amide bonds. The molecule has 82 valence electrons. The van der Waals surface area contributed by atoms with E-state index in [0.29, 0.717) is 0 Å². The molecule has 1 aliphatic rings. The van der Waals surface area contributed by atoms with E-state index in [0.717, 1.165) is 19.7 Å². The third-order valence-corrected chi connectivity index (χ3v) is 2.90. The average Bonchev–Trinajstić information content (AvgIpc) is 2.30. The SMILES string of the molecule is Cc1ccccc1C(N)C1CNCCO1. The highest BCUT2D eigenvalue weighted by molar-refractivity contribution is 5.29. The topological polar surface area (TPSA) is 47.3 Å². The molecule has 3 N–H and O–H groups in total. The number of morpholine rings is 1. The maximum atomic E-state index is 6.21. The standard InChI is InChI=1S/C12H18N2O/c1-9-4-2-3-5-10(9)12(13)11-8-14-6-7-15-11/h2-5,11-12,14H,6-8,13H2,1H3. The van der Waals surface area contributed by atoms with Gasteiger partial charge in [0, 0.05) is 13.1 Å². The van der Waals surface area contributed by atoms with Crippen molar-refractivity contribution in [3.05, 3.63) is 35.4 Å². The van der Waals surface area contributed by atoms with Crippen molar-refractivity contribution in [2.45, 2.75) is 19.1 Å². The molecule has 1 fully saturated rings. The van der Waals surface area contributed by atoms with Crippen LogP contribution >= 0.6 is 0 Å². The van der Waals surface area contributed by atoms with Crippen LogP contribution in [0.3, 0.4) is 0 Å². The normalized spacial score (nSPS) is 23.7. The Labute approximate surface area is 90.6 Å². The predicted molar refractivity (Wildman–Crippen MR) is 60.7 cm³/mol. The molecule has 2 rings (SSSR count). The van der Waals surface area contributed by atoms with Gasteiger partial charge in [0.15, 0.2) is 0 Å². The number of rotatable bonds is 2. The molecule has 2 atom stereocenters. The van der Waals surface area contributed by atoms with Gasteiger partial charge in [-0.25, -0.2) is 0 Å². The van der Waals surface area contributed by atoms with Crippen molar-refractivity contribution in [3.63, 3.8) is 0 Å². The van der Waals surface area contributed by atoms with Gasteiger partial charge in [0.05, 0.1) is 18.8 Å². The van der Waals surface area contributed by atoms with E-state index >= 15 is 0 Å². The van der Waals surface area contributed by atoms with E-state index in [1.54, 1.807) is 0 Å². The second kappa shape index (κ2) is 4.75. The van der Waals surface area contributed by atoms with E-state index in [9.17, 15) is 0 Å². The number of hydrogen-bond acceptors (Lipinski definition) is 3. The number of benzene rings is 1. The Morgan fingerprint density at radius 2 is 2.27 bits per heavy atom. The van der Waals surface area contributed by atoms with Crippen LogP contribution in [0.25, 0.3) is 0 Å². The molecule has 1 heterocycles. The molecule has 15 heavy (non-hydrogen) atoms. The molecular weight excluding hydrogens is 188 g/mol. The number of nitrogens with one attached hydrogen (secondary N) is 1. The monoisotopic (exact) mass is 206 g/mol. The molecule has 1 aromatic carbocycles. The summed E-state index contributed by atoms with van der Waals surface area (Å²) in [5, 5.41) is 3.30. The highest BCUT2D eigenvalue weighted by atomic mass is 16.5. The fourth-order valence-electron chi connectivity index (χ4n) is 1.98. The zero-order valence-electron chi connectivity index (χ0n) is 9.07. The Morgan fingerprint density at radius 3 is 2.93 bits per heavy atom. The number of hydrogen-bond donors (Lipinski definition) is 2. The molecule has 0 bridgehead atoms. The molecule has 2 unspecified atom stereocenters. The van der Waals surface area contributed by atoms with Gasteiger partial charge in [0.2, 0.25) is 0 Å². The summed E-state index contributed by atoms with van der Waals surface area (Å²) in [5.74, 6) is 0. The lowest BCUT2D eigenvalue weighted by atomic mass is 9.97. The molecule has 0 aromatic heterocycles. The fourth-order valence-corrected chi connectivity index (χ4v) is 1.98. The van der Waals surface area contributed by atoms with Crippen molar-refractivity contribution in [3.8, 4) is 0 Å². The molecule has 1 aliphatic heterocycles. The lowest BCUT2D eigenvalue weighted by molar-refractivity contribution is 0.0121. The van der Waals surface area contributed by atoms with Crippen molar-refractivity contribution in [1.82, 2.24) is 5.32 Å². The summed E-state index contributed by atoms with van der Waals surface area (Å²) < 4.78 is 5.66. The van der Waals surface area contributed by atoms with Gasteiger partial charge in [-0.2, -0.15) is 0 Å². The summed E-state index contributed by atoms with van der Waals surface area (Å²) in [7, 11) is 0. The van der Waals surface area contributed by atoms with E-state index in [4.69, 9.17) is 10.5 Å². The number of ether oxygens (including phenoxy) is 1. The highest BCUT2D eigenvalue weighted by Gasteiger charge is 2.23. The molecule has 3 nitrogen and oxygen atoms in total. The van der Waals surface area contributed by atoms with Crippen LogP contribution in [0.4, 0.5) is 0 Å². The maximum Gasteiger partial charge on any atom is 0.0892 e. The summed E-state index contributed by atoms with van der Waals surface area (Å²) in [6, 6.07) is 8.20. The van der Waals surface area contributed by atoms with Crippen LogP contribution < -0.4 is 11.1 Å². The van der Waals surface area contributed by atoms with Gasteiger partial charge < -0.3 is 15.8 Å². The second-order valence-corrected chi connectivity index (χ2v) is 4.00. The Balaban J connectivity index is 2.12. The van der Waals surface area contributed by atoms with Gasteiger partial charge in [0.1, 0.15) is 0 Å². The van der Waals surface area contributed by atoms with Gasteiger partial charge in [-0.3, -0.25) is 0 Å². The molecule has 1 aromatic rings. The Morgan fingerprint density at radius 1 is 1.47 bits per heavy atom. The lowest BCUT2D eigenvalue weighted by Crippen LogP contribution is -2.44. The minimum Gasteiger partial charge on any atom is -0.374 e. The summed E-state index contributed by atoms with van der Waals surface area (Å²) in [5.41, 5.74) is 8.63. The van der Waals surface area contributed by atoms with Crippen molar-refractivity contribution < 1.29 is 4.74 Å². The minimum atomic E-state index is -0.0287. The molecule has 3 heteroatoms. The van der Waals surface area contributed by atoms with Crippen molar-refractivity contribution in [1.29, 1.82) is 0 Å². The van der Waals surface area contributed by atoms with Crippen molar-refractivity contribution >= 4 is 0 Å². The zero-order chi connectivity index (χ0) is 10.7. The highest BCUT2D eigenvalue weighted by Crippen LogP contribution is 2.20.